The van der Waals surface area contributed by atoms with Crippen molar-refractivity contribution in [3.63, 3.8) is 0 Å². The average Bonchev–Trinajstić information content (AvgIpc) is 2.64. The molecule has 2 rings (SSSR count). The molecule has 0 amide bonds. The molecule has 0 aromatic carbocycles. The predicted molar refractivity (Wildman–Crippen MR) is 60.5 cm³/mol. The molecule has 88 valence electrons. The van der Waals surface area contributed by atoms with Crippen LogP contribution in [0.15, 0.2) is 17.1 Å². The molecule has 2 aromatic heterocycles. The van der Waals surface area contributed by atoms with E-state index in [1.165, 1.54) is 17.1 Å². The van der Waals surface area contributed by atoms with E-state index < -0.39 is 10.9 Å². The van der Waals surface area contributed by atoms with E-state index in [-0.39, 0.29) is 16.4 Å². The maximum absolute atomic E-state index is 10.5. The van der Waals surface area contributed by atoms with Gasteiger partial charge in [0.25, 0.3) is 4.73 Å². The van der Waals surface area contributed by atoms with Gasteiger partial charge in [-0.1, -0.05) is 11.6 Å². The second-order valence-electron chi connectivity index (χ2n) is 2.93. The van der Waals surface area contributed by atoms with Gasteiger partial charge in [0.1, 0.15) is 11.7 Å². The molecular formula is C7H4BrClN6O2. The van der Waals surface area contributed by atoms with Crippen LogP contribution in [0, 0.1) is 10.1 Å². The Kier molecular flexibility index (Phi) is 3.29. The molecule has 0 bridgehead atoms. The summed E-state index contributed by atoms with van der Waals surface area (Å²) < 4.78 is 1.55. The van der Waals surface area contributed by atoms with Crippen LogP contribution in [0.5, 0.6) is 0 Å². The van der Waals surface area contributed by atoms with Crippen molar-refractivity contribution in [1.82, 2.24) is 24.7 Å². The number of aromatic nitrogens is 5. The molecule has 0 spiro atoms. The number of hydrogen-bond acceptors (Lipinski definition) is 6. The molecule has 0 N–H and O–H groups in total. The Morgan fingerprint density at radius 2 is 2.24 bits per heavy atom. The zero-order chi connectivity index (χ0) is 12.4. The van der Waals surface area contributed by atoms with Gasteiger partial charge >= 0.3 is 5.95 Å². The molecular weight excluding hydrogens is 315 g/mol. The second kappa shape index (κ2) is 4.72. The van der Waals surface area contributed by atoms with Crippen LogP contribution in [0.3, 0.4) is 0 Å². The summed E-state index contributed by atoms with van der Waals surface area (Å²) in [6.45, 7) is 0.214. The minimum atomic E-state index is -0.672. The van der Waals surface area contributed by atoms with Crippen molar-refractivity contribution < 1.29 is 4.92 Å². The highest BCUT2D eigenvalue weighted by atomic mass is 79.9. The van der Waals surface area contributed by atoms with Gasteiger partial charge in [-0.2, -0.15) is 4.68 Å². The first-order chi connectivity index (χ1) is 8.06. The van der Waals surface area contributed by atoms with E-state index in [0.717, 1.165) is 0 Å². The normalized spacial score (nSPS) is 10.5. The van der Waals surface area contributed by atoms with Crippen molar-refractivity contribution in [2.24, 2.45) is 0 Å². The van der Waals surface area contributed by atoms with Crippen LogP contribution in [0.25, 0.3) is 0 Å². The zero-order valence-electron chi connectivity index (χ0n) is 8.12. The monoisotopic (exact) mass is 318 g/mol. The minimum Gasteiger partial charge on any atom is -0.390 e. The summed E-state index contributed by atoms with van der Waals surface area (Å²) in [5.41, 5.74) is 0.565. The van der Waals surface area contributed by atoms with Crippen LogP contribution in [0.4, 0.5) is 5.95 Å². The lowest BCUT2D eigenvalue weighted by molar-refractivity contribution is -0.394. The fourth-order valence-electron chi connectivity index (χ4n) is 1.06. The Labute approximate surface area is 108 Å². The van der Waals surface area contributed by atoms with E-state index in [0.29, 0.717) is 5.69 Å². The van der Waals surface area contributed by atoms with Crippen molar-refractivity contribution in [3.8, 4) is 0 Å². The highest BCUT2D eigenvalue weighted by molar-refractivity contribution is 9.10. The summed E-state index contributed by atoms with van der Waals surface area (Å²) in [5, 5.41) is 14.4. The van der Waals surface area contributed by atoms with Gasteiger partial charge in [-0.15, -0.1) is 0 Å². The van der Waals surface area contributed by atoms with Crippen molar-refractivity contribution in [2.45, 2.75) is 6.54 Å². The minimum absolute atomic E-state index is 0.214. The lowest BCUT2D eigenvalue weighted by Gasteiger charge is -1.97. The molecule has 0 atom stereocenters. The quantitative estimate of drug-likeness (QED) is 0.627. The third-order valence-corrected chi connectivity index (χ3v) is 2.55. The van der Waals surface area contributed by atoms with Gasteiger partial charge in [0, 0.05) is 21.0 Å². The average molecular weight is 320 g/mol. The van der Waals surface area contributed by atoms with Crippen molar-refractivity contribution in [2.75, 3.05) is 0 Å². The van der Waals surface area contributed by atoms with E-state index in [1.54, 1.807) is 0 Å². The summed E-state index contributed by atoms with van der Waals surface area (Å²) >= 11 is 8.65. The fraction of sp³-hybridized carbons (Fsp3) is 0.143. The number of nitro groups is 1. The van der Waals surface area contributed by atoms with Gasteiger partial charge in [0.2, 0.25) is 0 Å². The van der Waals surface area contributed by atoms with E-state index in [9.17, 15) is 10.1 Å². The molecule has 10 heteroatoms. The number of halogens is 2. The summed E-state index contributed by atoms with van der Waals surface area (Å²) in [6, 6.07) is 0. The Balaban J connectivity index is 2.24. The van der Waals surface area contributed by atoms with Gasteiger partial charge < -0.3 is 10.1 Å². The summed E-state index contributed by atoms with van der Waals surface area (Å²) in [7, 11) is 0. The van der Waals surface area contributed by atoms with Gasteiger partial charge in [0.15, 0.2) is 0 Å². The molecule has 0 radical (unpaired) electrons. The van der Waals surface area contributed by atoms with Crippen LogP contribution in [-0.2, 0) is 6.54 Å². The van der Waals surface area contributed by atoms with Crippen LogP contribution >= 0.6 is 27.5 Å². The highest BCUT2D eigenvalue weighted by Crippen LogP contribution is 2.13. The Morgan fingerprint density at radius 3 is 2.76 bits per heavy atom. The van der Waals surface area contributed by atoms with E-state index in [1.807, 2.05) is 0 Å². The molecule has 2 aromatic rings. The molecule has 8 nitrogen and oxygen atoms in total. The smallest absolute Gasteiger partial charge is 0.390 e. The van der Waals surface area contributed by atoms with Crippen molar-refractivity contribution in [3.05, 3.63) is 38.1 Å². The van der Waals surface area contributed by atoms with Crippen molar-refractivity contribution >= 4 is 33.5 Å². The summed E-state index contributed by atoms with van der Waals surface area (Å²) in [5.74, 6) is -0.473. The zero-order valence-corrected chi connectivity index (χ0v) is 10.5. The van der Waals surface area contributed by atoms with Crippen LogP contribution in [0.2, 0.25) is 5.15 Å². The van der Waals surface area contributed by atoms with Gasteiger partial charge in [-0.25, -0.2) is 4.98 Å². The molecule has 0 fully saturated rings. The first-order valence-corrected chi connectivity index (χ1v) is 5.44. The molecule has 0 aliphatic rings. The van der Waals surface area contributed by atoms with Crippen LogP contribution < -0.4 is 0 Å². The fourth-order valence-corrected chi connectivity index (χ4v) is 1.52. The van der Waals surface area contributed by atoms with Gasteiger partial charge in [-0.3, -0.25) is 4.98 Å². The molecule has 0 saturated carbocycles. The second-order valence-corrected chi connectivity index (χ2v) is 4.02. The van der Waals surface area contributed by atoms with Crippen molar-refractivity contribution in [1.29, 1.82) is 0 Å². The maximum atomic E-state index is 10.5. The Hall–Kier alpha value is -1.61. The number of rotatable bonds is 3. The Morgan fingerprint density at radius 1 is 1.47 bits per heavy atom. The number of hydrogen-bond donors (Lipinski definition) is 0. The van der Waals surface area contributed by atoms with Gasteiger partial charge in [-0.05, 0) is 9.91 Å². The highest BCUT2D eigenvalue weighted by Gasteiger charge is 2.19. The summed E-state index contributed by atoms with van der Waals surface area (Å²) in [4.78, 5) is 21.2. The van der Waals surface area contributed by atoms with Crippen LogP contribution in [0.1, 0.15) is 5.69 Å². The van der Waals surface area contributed by atoms with E-state index >= 15 is 0 Å². The molecule has 0 aliphatic heterocycles. The first kappa shape index (κ1) is 11.9. The standard InChI is InChI=1S/C7H4BrClN6O2/c8-6-12-7(15(16)17)13-14(6)3-4-1-11-5(9)2-10-4/h1-2H,3H2. The molecule has 0 aliphatic carbocycles. The van der Waals surface area contributed by atoms with E-state index in [2.05, 4.69) is 36.0 Å². The maximum Gasteiger partial charge on any atom is 0.492 e. The first-order valence-electron chi connectivity index (χ1n) is 4.27. The predicted octanol–water partition coefficient (Wildman–Crippen LogP) is 1.44. The Bertz CT molecular complexity index is 556. The topological polar surface area (TPSA) is 99.6 Å². The largest absolute Gasteiger partial charge is 0.492 e. The molecule has 17 heavy (non-hydrogen) atoms. The van der Waals surface area contributed by atoms with E-state index in [4.69, 9.17) is 11.6 Å². The third-order valence-electron chi connectivity index (χ3n) is 1.76. The summed E-state index contributed by atoms with van der Waals surface area (Å²) in [6.07, 6.45) is 2.85. The third kappa shape index (κ3) is 2.74. The lowest BCUT2D eigenvalue weighted by atomic mass is 10.4. The molecule has 0 unspecified atom stereocenters. The van der Waals surface area contributed by atoms with Gasteiger partial charge in [0.05, 0.1) is 18.1 Å². The van der Waals surface area contributed by atoms with Crippen LogP contribution in [-0.4, -0.2) is 29.7 Å². The number of nitrogens with zero attached hydrogens (tertiary/aromatic N) is 6. The molecule has 0 saturated heterocycles. The lowest BCUT2D eigenvalue weighted by Crippen LogP contribution is -2.05. The SMILES string of the molecule is O=[N+]([O-])c1nc(Br)n(Cc2cnc(Cl)cn2)n1. The molecule has 2 heterocycles.